The minimum atomic E-state index is 0.343. The van der Waals surface area contributed by atoms with Crippen LogP contribution in [-0.2, 0) is 6.61 Å². The van der Waals surface area contributed by atoms with Gasteiger partial charge in [0.05, 0.1) is 13.2 Å². The van der Waals surface area contributed by atoms with E-state index in [2.05, 4.69) is 24.0 Å². The normalized spacial score (nSPS) is 10.5. The summed E-state index contributed by atoms with van der Waals surface area (Å²) in [6.07, 6.45) is 4.12. The number of rotatable bonds is 11. The first-order valence-electron chi connectivity index (χ1n) is 9.04. The van der Waals surface area contributed by atoms with E-state index in [4.69, 9.17) is 14.2 Å². The van der Waals surface area contributed by atoms with Crippen molar-refractivity contribution >= 4 is 0 Å². The minimum Gasteiger partial charge on any atom is -0.488 e. The topological polar surface area (TPSA) is 53.5 Å². The van der Waals surface area contributed by atoms with Crippen LogP contribution in [-0.4, -0.2) is 23.4 Å². The fourth-order valence-electron chi connectivity index (χ4n) is 2.18. The average Bonchev–Trinajstić information content (AvgIpc) is 2.62. The number of aryl methyl sites for hydroxylation is 1. The zero-order chi connectivity index (χ0) is 17.9. The Balaban J connectivity index is 2.03. The fraction of sp³-hybridized carbons (Fsp3) is 0.500. The number of benzene rings is 1. The first kappa shape index (κ1) is 19.0. The average molecular weight is 344 g/mol. The first-order chi connectivity index (χ1) is 12.2. The van der Waals surface area contributed by atoms with Crippen molar-refractivity contribution in [3.05, 3.63) is 41.6 Å². The van der Waals surface area contributed by atoms with Crippen LogP contribution in [0.3, 0.4) is 0 Å². The van der Waals surface area contributed by atoms with Gasteiger partial charge in [0.25, 0.3) is 5.88 Å². The maximum absolute atomic E-state index is 5.84. The van der Waals surface area contributed by atoms with Crippen LogP contribution in [0.5, 0.6) is 17.4 Å². The number of hydrogen-bond donors (Lipinski definition) is 0. The highest BCUT2D eigenvalue weighted by molar-refractivity contribution is 5.34. The molecule has 0 atom stereocenters. The van der Waals surface area contributed by atoms with Crippen LogP contribution in [0.1, 0.15) is 50.8 Å². The lowest BCUT2D eigenvalue weighted by atomic mass is 10.2. The summed E-state index contributed by atoms with van der Waals surface area (Å²) in [6, 6.07) is 9.80. The molecule has 1 aromatic carbocycles. The zero-order valence-corrected chi connectivity index (χ0v) is 15.5. The number of nitrogens with zero attached hydrogens (tertiary/aromatic N) is 2. The maximum atomic E-state index is 5.84. The van der Waals surface area contributed by atoms with Gasteiger partial charge in [0.15, 0.2) is 5.75 Å². The van der Waals surface area contributed by atoms with Crippen molar-refractivity contribution in [2.24, 2.45) is 0 Å². The molecule has 1 aromatic heterocycles. The van der Waals surface area contributed by atoms with Gasteiger partial charge in [0, 0.05) is 6.07 Å². The number of hydrogen-bond acceptors (Lipinski definition) is 5. The van der Waals surface area contributed by atoms with E-state index in [1.54, 1.807) is 0 Å². The summed E-state index contributed by atoms with van der Waals surface area (Å²) >= 11 is 0. The van der Waals surface area contributed by atoms with Crippen LogP contribution < -0.4 is 14.2 Å². The molecule has 0 spiro atoms. The summed E-state index contributed by atoms with van der Waals surface area (Å²) in [7, 11) is 0. The minimum absolute atomic E-state index is 0.343. The molecule has 1 heterocycles. The second-order valence-electron chi connectivity index (χ2n) is 6.01. The monoisotopic (exact) mass is 344 g/mol. The lowest BCUT2D eigenvalue weighted by Gasteiger charge is -2.12. The Morgan fingerprint density at radius 2 is 1.64 bits per heavy atom. The van der Waals surface area contributed by atoms with Gasteiger partial charge < -0.3 is 14.2 Å². The molecule has 25 heavy (non-hydrogen) atoms. The van der Waals surface area contributed by atoms with Crippen LogP contribution in [0.15, 0.2) is 30.3 Å². The molecule has 0 aliphatic rings. The Kier molecular flexibility index (Phi) is 8.02. The van der Waals surface area contributed by atoms with Gasteiger partial charge in [-0.25, -0.2) is 0 Å². The zero-order valence-electron chi connectivity index (χ0n) is 15.5. The van der Waals surface area contributed by atoms with E-state index in [0.717, 1.165) is 42.7 Å². The van der Waals surface area contributed by atoms with Gasteiger partial charge in [-0.2, -0.15) is 0 Å². The summed E-state index contributed by atoms with van der Waals surface area (Å²) in [5.41, 5.74) is 1.88. The van der Waals surface area contributed by atoms with Crippen LogP contribution in [0.4, 0.5) is 0 Å². The smallest absolute Gasteiger partial charge is 0.276 e. The molecule has 2 aromatic rings. The molecule has 0 aliphatic heterocycles. The first-order valence-corrected chi connectivity index (χ1v) is 9.04. The van der Waals surface area contributed by atoms with E-state index in [0.29, 0.717) is 31.5 Å². The third kappa shape index (κ3) is 6.61. The molecule has 0 saturated carbocycles. The molecule has 0 fully saturated rings. The molecule has 0 unspecified atom stereocenters. The van der Waals surface area contributed by atoms with E-state index in [1.165, 1.54) is 0 Å². The standard InChI is InChI=1S/C20H28N2O3/c1-4-6-11-23-19-14-17(21-22-20(19)24-12-7-5-2)15-25-18-10-8-9-16(3)13-18/h8-10,13-14H,4-7,11-12,15H2,1-3H3. The van der Waals surface area contributed by atoms with E-state index < -0.39 is 0 Å². The molecule has 2 rings (SSSR count). The van der Waals surface area contributed by atoms with Crippen LogP contribution in [0.25, 0.3) is 0 Å². The van der Waals surface area contributed by atoms with Gasteiger partial charge in [-0.3, -0.25) is 0 Å². The molecule has 0 amide bonds. The van der Waals surface area contributed by atoms with Crippen molar-refractivity contribution < 1.29 is 14.2 Å². The number of aromatic nitrogens is 2. The molecule has 0 bridgehead atoms. The van der Waals surface area contributed by atoms with E-state index >= 15 is 0 Å². The Hall–Kier alpha value is -2.30. The van der Waals surface area contributed by atoms with Gasteiger partial charge in [0.1, 0.15) is 18.1 Å². The van der Waals surface area contributed by atoms with Crippen LogP contribution >= 0.6 is 0 Å². The third-order valence-electron chi connectivity index (χ3n) is 3.65. The Bertz CT molecular complexity index is 647. The Morgan fingerprint density at radius 1 is 0.880 bits per heavy atom. The highest BCUT2D eigenvalue weighted by Crippen LogP contribution is 2.25. The van der Waals surface area contributed by atoms with Gasteiger partial charge in [-0.1, -0.05) is 38.8 Å². The van der Waals surface area contributed by atoms with Crippen molar-refractivity contribution in [3.8, 4) is 17.4 Å². The van der Waals surface area contributed by atoms with E-state index in [-0.39, 0.29) is 0 Å². The molecule has 136 valence electrons. The molecular weight excluding hydrogens is 316 g/mol. The molecule has 0 N–H and O–H groups in total. The summed E-state index contributed by atoms with van der Waals surface area (Å²) in [5.74, 6) is 1.92. The predicted octanol–water partition coefficient (Wildman–Crippen LogP) is 4.72. The molecular formula is C20H28N2O3. The van der Waals surface area contributed by atoms with Crippen molar-refractivity contribution in [1.82, 2.24) is 10.2 Å². The lowest BCUT2D eigenvalue weighted by Crippen LogP contribution is -2.07. The van der Waals surface area contributed by atoms with Crippen molar-refractivity contribution in [2.45, 2.75) is 53.1 Å². The Morgan fingerprint density at radius 3 is 2.36 bits per heavy atom. The molecule has 5 heteroatoms. The summed E-state index contributed by atoms with van der Waals surface area (Å²) < 4.78 is 17.3. The number of ether oxygens (including phenoxy) is 3. The van der Waals surface area contributed by atoms with E-state index in [1.807, 2.05) is 37.3 Å². The van der Waals surface area contributed by atoms with Gasteiger partial charge in [-0.15, -0.1) is 10.2 Å². The van der Waals surface area contributed by atoms with Gasteiger partial charge >= 0.3 is 0 Å². The molecule has 0 aliphatic carbocycles. The SMILES string of the molecule is CCCCOc1cc(COc2cccc(C)c2)nnc1OCCCC. The van der Waals surface area contributed by atoms with Crippen molar-refractivity contribution in [3.63, 3.8) is 0 Å². The predicted molar refractivity (Wildman–Crippen MR) is 98.3 cm³/mol. The van der Waals surface area contributed by atoms with Crippen molar-refractivity contribution in [1.29, 1.82) is 0 Å². The summed E-state index contributed by atoms with van der Waals surface area (Å²) in [6.45, 7) is 7.90. The molecule has 0 saturated heterocycles. The fourth-order valence-corrected chi connectivity index (χ4v) is 2.18. The Labute approximate surface area is 150 Å². The van der Waals surface area contributed by atoms with Crippen LogP contribution in [0, 0.1) is 6.92 Å². The quantitative estimate of drug-likeness (QED) is 0.552. The van der Waals surface area contributed by atoms with Gasteiger partial charge in [0.2, 0.25) is 0 Å². The summed E-state index contributed by atoms with van der Waals surface area (Å²) in [4.78, 5) is 0. The second-order valence-corrected chi connectivity index (χ2v) is 6.01. The van der Waals surface area contributed by atoms with Crippen molar-refractivity contribution in [2.75, 3.05) is 13.2 Å². The highest BCUT2D eigenvalue weighted by atomic mass is 16.5. The number of unbranched alkanes of at least 4 members (excludes halogenated alkanes) is 2. The molecule has 5 nitrogen and oxygen atoms in total. The summed E-state index contributed by atoms with van der Waals surface area (Å²) in [5, 5.41) is 8.39. The van der Waals surface area contributed by atoms with Crippen LogP contribution in [0.2, 0.25) is 0 Å². The maximum Gasteiger partial charge on any atom is 0.276 e. The largest absolute Gasteiger partial charge is 0.488 e. The van der Waals surface area contributed by atoms with Gasteiger partial charge in [-0.05, 0) is 37.5 Å². The second kappa shape index (κ2) is 10.5. The highest BCUT2D eigenvalue weighted by Gasteiger charge is 2.11. The molecule has 0 radical (unpaired) electrons. The third-order valence-corrected chi connectivity index (χ3v) is 3.65. The lowest BCUT2D eigenvalue weighted by molar-refractivity contribution is 0.246. The van der Waals surface area contributed by atoms with E-state index in [9.17, 15) is 0 Å².